The van der Waals surface area contributed by atoms with Gasteiger partial charge in [-0.15, -0.1) is 0 Å². The highest BCUT2D eigenvalue weighted by Gasteiger charge is 2.36. The molecule has 2 atom stereocenters. The van der Waals surface area contributed by atoms with Crippen LogP contribution >= 0.6 is 11.6 Å². The maximum Gasteiger partial charge on any atom is 0.246 e. The van der Waals surface area contributed by atoms with Crippen molar-refractivity contribution in [3.05, 3.63) is 59.8 Å². The zero-order valence-corrected chi connectivity index (χ0v) is 20.2. The summed E-state index contributed by atoms with van der Waals surface area (Å²) in [6, 6.07) is 3.63. The van der Waals surface area contributed by atoms with Crippen molar-refractivity contribution in [3.63, 3.8) is 0 Å². The molecule has 4 heterocycles. The van der Waals surface area contributed by atoms with Gasteiger partial charge in [-0.05, 0) is 24.6 Å². The molecule has 4 aromatic rings. The Morgan fingerprint density at radius 2 is 2.11 bits per heavy atom. The lowest BCUT2D eigenvalue weighted by Gasteiger charge is -2.22. The van der Waals surface area contributed by atoms with Crippen molar-refractivity contribution < 1.29 is 9.53 Å². The van der Waals surface area contributed by atoms with Crippen LogP contribution < -0.4 is 5.73 Å². The highest BCUT2D eigenvalue weighted by Crippen LogP contribution is 2.33. The molecule has 0 bridgehead atoms. The van der Waals surface area contributed by atoms with Crippen molar-refractivity contribution in [2.24, 2.45) is 7.05 Å². The molecule has 2 N–H and O–H groups in total. The predicted molar refractivity (Wildman–Crippen MR) is 135 cm³/mol. The third kappa shape index (κ3) is 4.01. The molecule has 1 aliphatic rings. The van der Waals surface area contributed by atoms with E-state index in [-0.39, 0.29) is 18.0 Å². The van der Waals surface area contributed by atoms with Gasteiger partial charge in [0, 0.05) is 32.5 Å². The second-order valence-electron chi connectivity index (χ2n) is 8.53. The number of carbonyl (C=O) groups excluding carboxylic acids is 1. The van der Waals surface area contributed by atoms with Crippen LogP contribution in [0.3, 0.4) is 0 Å². The van der Waals surface area contributed by atoms with Crippen molar-refractivity contribution in [2.45, 2.75) is 18.5 Å². The molecule has 35 heavy (non-hydrogen) atoms. The van der Waals surface area contributed by atoms with Gasteiger partial charge in [-0.1, -0.05) is 30.0 Å². The number of amides is 1. The summed E-state index contributed by atoms with van der Waals surface area (Å²) >= 11 is 6.51. The van der Waals surface area contributed by atoms with Crippen LogP contribution in [0.2, 0.25) is 5.02 Å². The summed E-state index contributed by atoms with van der Waals surface area (Å²) in [4.78, 5) is 27.3. The van der Waals surface area contributed by atoms with Gasteiger partial charge in [-0.3, -0.25) is 4.79 Å². The van der Waals surface area contributed by atoms with E-state index in [2.05, 4.69) is 33.4 Å². The third-order valence-electron chi connectivity index (χ3n) is 6.39. The second kappa shape index (κ2) is 9.06. The van der Waals surface area contributed by atoms with E-state index in [1.54, 1.807) is 18.3 Å². The fourth-order valence-electron chi connectivity index (χ4n) is 4.69. The number of ether oxygens (including phenoxy) is 1. The monoisotopic (exact) mass is 489 g/mol. The van der Waals surface area contributed by atoms with Gasteiger partial charge in [0.15, 0.2) is 0 Å². The van der Waals surface area contributed by atoms with Crippen LogP contribution in [0.25, 0.3) is 22.1 Å². The number of nitrogens with two attached hydrogens (primary N) is 1. The SMILES string of the molecule is C=CC(=O)N1C[C@@H](n2cc(C#Cc3cc4ncn(C)c4cc3Cl)c3c(N)ncnc32)C[C@@H]1COC. The molecule has 178 valence electrons. The Bertz CT molecular complexity index is 1530. The average molecular weight is 490 g/mol. The summed E-state index contributed by atoms with van der Waals surface area (Å²) in [5.74, 6) is 6.59. The number of nitrogens with zero attached hydrogens (tertiary/aromatic N) is 6. The van der Waals surface area contributed by atoms with Crippen molar-refractivity contribution in [2.75, 3.05) is 26.0 Å². The number of rotatable bonds is 4. The Kier molecular flexibility index (Phi) is 5.93. The molecule has 0 saturated carbocycles. The standard InChI is InChI=1S/C25H24ClN7O2/c1-4-22(34)32-11-17(8-18(32)12-35-3)33-10-16(23-24(27)28-13-29-25(23)33)6-5-15-7-20-21(9-19(15)26)31(2)14-30-20/h4,7,9-10,13-14,17-18H,1,8,11-12H2,2-3H3,(H2,27,28,29)/t17-,18+/m0/s1. The third-order valence-corrected chi connectivity index (χ3v) is 6.70. The normalized spacial score (nSPS) is 17.6. The maximum absolute atomic E-state index is 12.4. The fourth-order valence-corrected chi connectivity index (χ4v) is 4.90. The van der Waals surface area contributed by atoms with Gasteiger partial charge in [0.1, 0.15) is 17.8 Å². The number of aryl methyl sites for hydroxylation is 1. The molecule has 1 amide bonds. The molecule has 1 aliphatic heterocycles. The summed E-state index contributed by atoms with van der Waals surface area (Å²) in [7, 11) is 3.54. The minimum Gasteiger partial charge on any atom is -0.383 e. The second-order valence-corrected chi connectivity index (χ2v) is 8.93. The van der Waals surface area contributed by atoms with Crippen LogP contribution in [0.15, 0.2) is 43.6 Å². The molecule has 5 rings (SSSR count). The summed E-state index contributed by atoms with van der Waals surface area (Å²) in [5, 5.41) is 1.21. The number of anilines is 1. The summed E-state index contributed by atoms with van der Waals surface area (Å²) in [6.45, 7) is 4.57. The number of likely N-dealkylation sites (tertiary alicyclic amines) is 1. The van der Waals surface area contributed by atoms with Gasteiger partial charge < -0.3 is 24.5 Å². The topological polar surface area (TPSA) is 104 Å². The summed E-state index contributed by atoms with van der Waals surface area (Å²) in [6.07, 6.45) is 7.13. The number of imidazole rings is 1. The maximum atomic E-state index is 12.4. The quantitative estimate of drug-likeness (QED) is 0.349. The van der Waals surface area contributed by atoms with Crippen LogP contribution in [0, 0.1) is 11.8 Å². The number of nitrogen functional groups attached to an aromatic ring is 1. The summed E-state index contributed by atoms with van der Waals surface area (Å²) < 4.78 is 9.29. The van der Waals surface area contributed by atoms with Gasteiger partial charge in [0.25, 0.3) is 0 Å². The number of carbonyl (C=O) groups is 1. The number of hydrogen-bond donors (Lipinski definition) is 1. The molecule has 1 saturated heterocycles. The molecular weight excluding hydrogens is 466 g/mol. The highest BCUT2D eigenvalue weighted by atomic mass is 35.5. The molecular formula is C25H24ClN7O2. The molecule has 1 aromatic carbocycles. The molecule has 0 aliphatic carbocycles. The number of hydrogen-bond acceptors (Lipinski definition) is 6. The first kappa shape index (κ1) is 22.9. The molecule has 3 aromatic heterocycles. The minimum atomic E-state index is -0.125. The molecule has 0 radical (unpaired) electrons. The van der Waals surface area contributed by atoms with Crippen LogP contribution in [0.5, 0.6) is 0 Å². The van der Waals surface area contributed by atoms with Gasteiger partial charge in [0.2, 0.25) is 5.91 Å². The molecule has 1 fully saturated rings. The van der Waals surface area contributed by atoms with Crippen molar-refractivity contribution in [1.82, 2.24) is 29.0 Å². The molecule has 0 spiro atoms. The lowest BCUT2D eigenvalue weighted by Crippen LogP contribution is -2.37. The number of fused-ring (bicyclic) bond motifs is 2. The van der Waals surface area contributed by atoms with E-state index in [1.807, 2.05) is 34.5 Å². The van der Waals surface area contributed by atoms with E-state index in [9.17, 15) is 4.79 Å². The molecule has 0 unspecified atom stereocenters. The van der Waals surface area contributed by atoms with Crippen LogP contribution in [0.4, 0.5) is 5.82 Å². The van der Waals surface area contributed by atoms with Crippen LogP contribution in [-0.4, -0.2) is 61.2 Å². The van der Waals surface area contributed by atoms with E-state index < -0.39 is 0 Å². The Morgan fingerprint density at radius 3 is 2.89 bits per heavy atom. The van der Waals surface area contributed by atoms with Crippen LogP contribution in [0.1, 0.15) is 23.6 Å². The van der Waals surface area contributed by atoms with E-state index in [0.717, 1.165) is 11.0 Å². The zero-order valence-electron chi connectivity index (χ0n) is 19.4. The lowest BCUT2D eigenvalue weighted by atomic mass is 10.1. The Morgan fingerprint density at radius 1 is 1.31 bits per heavy atom. The number of halogens is 1. The Labute approximate surface area is 207 Å². The lowest BCUT2D eigenvalue weighted by molar-refractivity contribution is -0.127. The minimum absolute atomic E-state index is 0.0279. The smallest absolute Gasteiger partial charge is 0.246 e. The van der Waals surface area contributed by atoms with Crippen molar-refractivity contribution in [1.29, 1.82) is 0 Å². The van der Waals surface area contributed by atoms with Crippen molar-refractivity contribution >= 4 is 45.4 Å². The van der Waals surface area contributed by atoms with Gasteiger partial charge in [-0.2, -0.15) is 0 Å². The Balaban J connectivity index is 1.57. The van der Waals surface area contributed by atoms with Crippen LogP contribution in [-0.2, 0) is 16.6 Å². The first-order valence-electron chi connectivity index (χ1n) is 11.1. The molecule has 10 heteroatoms. The van der Waals surface area contributed by atoms with E-state index in [1.165, 1.54) is 12.4 Å². The van der Waals surface area contributed by atoms with Gasteiger partial charge >= 0.3 is 0 Å². The largest absolute Gasteiger partial charge is 0.383 e. The Hall–Kier alpha value is -3.87. The fraction of sp³-hybridized carbons (Fsp3) is 0.280. The molecule has 9 nitrogen and oxygen atoms in total. The predicted octanol–water partition coefficient (Wildman–Crippen LogP) is 2.93. The van der Waals surface area contributed by atoms with Crippen molar-refractivity contribution in [3.8, 4) is 11.8 Å². The highest BCUT2D eigenvalue weighted by molar-refractivity contribution is 6.32. The number of methoxy groups -OCH3 is 1. The van der Waals surface area contributed by atoms with E-state index in [4.69, 9.17) is 22.1 Å². The van der Waals surface area contributed by atoms with Gasteiger partial charge in [0.05, 0.1) is 52.0 Å². The zero-order chi connectivity index (χ0) is 24.7. The first-order valence-corrected chi connectivity index (χ1v) is 11.4. The number of benzene rings is 1. The van der Waals surface area contributed by atoms with E-state index in [0.29, 0.717) is 52.6 Å². The van der Waals surface area contributed by atoms with E-state index >= 15 is 0 Å². The summed E-state index contributed by atoms with van der Waals surface area (Å²) in [5.41, 5.74) is 10.0. The first-order chi connectivity index (χ1) is 16.9. The number of aromatic nitrogens is 5. The van der Waals surface area contributed by atoms with Gasteiger partial charge in [-0.25, -0.2) is 15.0 Å². The average Bonchev–Trinajstić information content (AvgIpc) is 3.54.